The van der Waals surface area contributed by atoms with E-state index in [4.69, 9.17) is 0 Å². The third-order valence-corrected chi connectivity index (χ3v) is 4.48. The van der Waals surface area contributed by atoms with Gasteiger partial charge in [-0.2, -0.15) is 0 Å². The van der Waals surface area contributed by atoms with E-state index in [0.717, 1.165) is 12.8 Å². The third-order valence-electron chi connectivity index (χ3n) is 4.48. The summed E-state index contributed by atoms with van der Waals surface area (Å²) in [5.41, 5.74) is 1.91. The largest absolute Gasteiger partial charge is 0.481 e. The van der Waals surface area contributed by atoms with E-state index in [9.17, 15) is 14.7 Å². The van der Waals surface area contributed by atoms with E-state index in [-0.39, 0.29) is 11.7 Å². The van der Waals surface area contributed by atoms with Crippen LogP contribution >= 0.6 is 0 Å². The van der Waals surface area contributed by atoms with E-state index in [1.54, 1.807) is 0 Å². The molecule has 0 saturated heterocycles. The zero-order chi connectivity index (χ0) is 15.2. The molecule has 1 aliphatic rings. The lowest BCUT2D eigenvalue weighted by Crippen LogP contribution is -2.25. The molecular weight excluding hydrogens is 264 g/mol. The van der Waals surface area contributed by atoms with Crippen LogP contribution < -0.4 is 0 Å². The van der Waals surface area contributed by atoms with Crippen LogP contribution in [0.15, 0.2) is 24.3 Å². The maximum absolute atomic E-state index is 12.5. The Bertz CT molecular complexity index is 490. The number of hydrogen-bond donors (Lipinski definition) is 1. The first kappa shape index (κ1) is 15.7. The first-order chi connectivity index (χ1) is 10.1. The van der Waals surface area contributed by atoms with E-state index in [0.29, 0.717) is 18.4 Å². The maximum Gasteiger partial charge on any atom is 0.307 e. The van der Waals surface area contributed by atoms with Crippen molar-refractivity contribution in [2.45, 2.75) is 51.9 Å². The molecule has 3 heteroatoms. The van der Waals surface area contributed by atoms with Crippen molar-refractivity contribution in [3.63, 3.8) is 0 Å². The van der Waals surface area contributed by atoms with Gasteiger partial charge in [0.25, 0.3) is 0 Å². The average molecular weight is 288 g/mol. The van der Waals surface area contributed by atoms with Gasteiger partial charge < -0.3 is 5.11 Å². The summed E-state index contributed by atoms with van der Waals surface area (Å²) in [6.07, 6.45) is 6.81. The highest BCUT2D eigenvalue weighted by molar-refractivity contribution is 6.00. The Morgan fingerprint density at radius 2 is 1.76 bits per heavy atom. The molecule has 0 unspecified atom stereocenters. The number of benzene rings is 1. The fraction of sp³-hybridized carbons (Fsp3) is 0.556. The Labute approximate surface area is 126 Å². The first-order valence-electron chi connectivity index (χ1n) is 7.99. The van der Waals surface area contributed by atoms with Gasteiger partial charge in [0.1, 0.15) is 0 Å². The fourth-order valence-electron chi connectivity index (χ4n) is 3.20. The highest BCUT2D eigenvalue weighted by Gasteiger charge is 2.37. The van der Waals surface area contributed by atoms with Gasteiger partial charge in [-0.15, -0.1) is 0 Å². The molecule has 1 fully saturated rings. The Morgan fingerprint density at radius 1 is 1.10 bits per heavy atom. The molecule has 1 saturated carbocycles. The quantitative estimate of drug-likeness (QED) is 0.607. The van der Waals surface area contributed by atoms with Crippen LogP contribution in [-0.4, -0.2) is 16.9 Å². The summed E-state index contributed by atoms with van der Waals surface area (Å²) in [5.74, 6) is -1.67. The second kappa shape index (κ2) is 7.39. The minimum atomic E-state index is -0.831. The lowest BCUT2D eigenvalue weighted by molar-refractivity contribution is -0.142. The molecule has 1 aromatic carbocycles. The molecule has 1 N–H and O–H groups in total. The smallest absolute Gasteiger partial charge is 0.307 e. The van der Waals surface area contributed by atoms with Crippen LogP contribution in [0.3, 0.4) is 0 Å². The summed E-state index contributed by atoms with van der Waals surface area (Å²) in [5, 5.41) is 9.19. The van der Waals surface area contributed by atoms with Crippen LogP contribution in [0.2, 0.25) is 0 Å². The monoisotopic (exact) mass is 288 g/mol. The van der Waals surface area contributed by atoms with E-state index >= 15 is 0 Å². The molecule has 0 aromatic heterocycles. The molecule has 0 amide bonds. The van der Waals surface area contributed by atoms with Gasteiger partial charge in [0.05, 0.1) is 5.92 Å². The van der Waals surface area contributed by atoms with Crippen LogP contribution in [0.1, 0.15) is 61.4 Å². The molecule has 3 nitrogen and oxygen atoms in total. The van der Waals surface area contributed by atoms with Crippen molar-refractivity contribution in [1.29, 1.82) is 0 Å². The number of unbranched alkanes of at least 4 members (excludes halogenated alkanes) is 2. The number of aryl methyl sites for hydroxylation is 1. The molecule has 0 aliphatic heterocycles. The Balaban J connectivity index is 2.01. The molecule has 0 bridgehead atoms. The SMILES string of the molecule is CCCCCc1ccc(C(=O)[C@@H]2CCC[C@H]2C(=O)O)cc1. The highest BCUT2D eigenvalue weighted by Crippen LogP contribution is 2.34. The average Bonchev–Trinajstić information content (AvgIpc) is 2.97. The third kappa shape index (κ3) is 3.93. The maximum atomic E-state index is 12.5. The number of carbonyl (C=O) groups is 2. The van der Waals surface area contributed by atoms with Gasteiger partial charge in [0, 0.05) is 11.5 Å². The number of rotatable bonds is 7. The standard InChI is InChI=1S/C18H24O3/c1-2-3-4-6-13-9-11-14(12-10-13)17(19)15-7-5-8-16(15)18(20)21/h9-12,15-16H,2-8H2,1H3,(H,20,21)/t15-,16-/m1/s1. The normalized spacial score (nSPS) is 21.4. The molecule has 2 rings (SSSR count). The number of Topliss-reactive ketones (excluding diaryl/α,β-unsaturated/α-hetero) is 1. The molecule has 0 radical (unpaired) electrons. The molecule has 1 aliphatic carbocycles. The van der Waals surface area contributed by atoms with Crippen LogP contribution in [0.4, 0.5) is 0 Å². The predicted octanol–water partition coefficient (Wildman–Crippen LogP) is 4.10. The van der Waals surface area contributed by atoms with Crippen LogP contribution in [-0.2, 0) is 11.2 Å². The van der Waals surface area contributed by atoms with E-state index < -0.39 is 11.9 Å². The molecule has 2 atom stereocenters. The van der Waals surface area contributed by atoms with E-state index in [2.05, 4.69) is 6.92 Å². The summed E-state index contributed by atoms with van der Waals surface area (Å²) in [6.45, 7) is 2.18. The number of carboxylic acid groups (broad SMARTS) is 1. The van der Waals surface area contributed by atoms with Crippen LogP contribution in [0.5, 0.6) is 0 Å². The van der Waals surface area contributed by atoms with Crippen molar-refractivity contribution in [3.8, 4) is 0 Å². The van der Waals surface area contributed by atoms with Gasteiger partial charge in [-0.3, -0.25) is 9.59 Å². The molecule has 0 spiro atoms. The van der Waals surface area contributed by atoms with Gasteiger partial charge >= 0.3 is 5.97 Å². The second-order valence-electron chi connectivity index (χ2n) is 6.00. The fourth-order valence-corrected chi connectivity index (χ4v) is 3.20. The predicted molar refractivity (Wildman–Crippen MR) is 82.5 cm³/mol. The van der Waals surface area contributed by atoms with Gasteiger partial charge in [-0.1, -0.05) is 50.5 Å². The van der Waals surface area contributed by atoms with Crippen molar-refractivity contribution >= 4 is 11.8 Å². The number of aliphatic carboxylic acids is 1. The summed E-state index contributed by atoms with van der Waals surface area (Å²) in [4.78, 5) is 23.7. The molecule has 1 aromatic rings. The van der Waals surface area contributed by atoms with Gasteiger partial charge in [-0.25, -0.2) is 0 Å². The molecule has 114 valence electrons. The minimum Gasteiger partial charge on any atom is -0.481 e. The molecule has 21 heavy (non-hydrogen) atoms. The van der Waals surface area contributed by atoms with Crippen molar-refractivity contribution < 1.29 is 14.7 Å². The lowest BCUT2D eigenvalue weighted by Gasteiger charge is -2.14. The summed E-state index contributed by atoms with van der Waals surface area (Å²) < 4.78 is 0. The molecule has 0 heterocycles. The van der Waals surface area contributed by atoms with Gasteiger partial charge in [-0.05, 0) is 31.2 Å². The zero-order valence-corrected chi connectivity index (χ0v) is 12.7. The van der Waals surface area contributed by atoms with Gasteiger partial charge in [0.15, 0.2) is 5.78 Å². The number of carboxylic acids is 1. The van der Waals surface area contributed by atoms with Crippen molar-refractivity contribution in [2.24, 2.45) is 11.8 Å². The van der Waals surface area contributed by atoms with Crippen molar-refractivity contribution in [3.05, 3.63) is 35.4 Å². The van der Waals surface area contributed by atoms with Crippen LogP contribution in [0, 0.1) is 11.8 Å². The summed E-state index contributed by atoms with van der Waals surface area (Å²) in [7, 11) is 0. The Kier molecular flexibility index (Phi) is 5.54. The highest BCUT2D eigenvalue weighted by atomic mass is 16.4. The first-order valence-corrected chi connectivity index (χ1v) is 7.99. The summed E-state index contributed by atoms with van der Waals surface area (Å²) in [6, 6.07) is 7.74. The second-order valence-corrected chi connectivity index (χ2v) is 6.00. The van der Waals surface area contributed by atoms with Crippen molar-refractivity contribution in [1.82, 2.24) is 0 Å². The van der Waals surface area contributed by atoms with Crippen molar-refractivity contribution in [2.75, 3.05) is 0 Å². The summed E-state index contributed by atoms with van der Waals surface area (Å²) >= 11 is 0. The lowest BCUT2D eigenvalue weighted by atomic mass is 9.88. The Morgan fingerprint density at radius 3 is 2.38 bits per heavy atom. The number of carbonyl (C=O) groups excluding carboxylic acids is 1. The topological polar surface area (TPSA) is 54.4 Å². The Hall–Kier alpha value is -1.64. The molecular formula is C18H24O3. The zero-order valence-electron chi connectivity index (χ0n) is 12.7. The van der Waals surface area contributed by atoms with Crippen LogP contribution in [0.25, 0.3) is 0 Å². The number of ketones is 1. The minimum absolute atomic E-state index is 0.00000758. The van der Waals surface area contributed by atoms with E-state index in [1.807, 2.05) is 24.3 Å². The van der Waals surface area contributed by atoms with Gasteiger partial charge in [0.2, 0.25) is 0 Å². The number of hydrogen-bond acceptors (Lipinski definition) is 2. The van der Waals surface area contributed by atoms with E-state index in [1.165, 1.54) is 24.8 Å².